The molecule has 0 aliphatic heterocycles. The monoisotopic (exact) mass is 349 g/mol. The second-order valence-electron chi connectivity index (χ2n) is 6.72. The first-order chi connectivity index (χ1) is 12.0. The minimum Gasteiger partial charge on any atom is -0.496 e. The summed E-state index contributed by atoms with van der Waals surface area (Å²) >= 11 is 0. The highest BCUT2D eigenvalue weighted by Gasteiger charge is 2.19. The van der Waals surface area contributed by atoms with Crippen LogP contribution in [-0.2, 0) is 11.3 Å². The number of primary amides is 1. The number of carbonyl (C=O) groups excluding carboxylic acids is 1. The largest absolute Gasteiger partial charge is 0.496 e. The third kappa shape index (κ3) is 6.01. The van der Waals surface area contributed by atoms with Crippen molar-refractivity contribution in [3.05, 3.63) is 33.9 Å². The first-order valence-corrected chi connectivity index (χ1v) is 8.81. The van der Waals surface area contributed by atoms with E-state index in [0.717, 1.165) is 13.0 Å². The fourth-order valence-electron chi connectivity index (χ4n) is 3.52. The molecule has 2 rings (SSSR count). The van der Waals surface area contributed by atoms with Crippen molar-refractivity contribution >= 4 is 11.6 Å². The Bertz CT molecular complexity index is 600. The van der Waals surface area contributed by atoms with E-state index in [1.54, 1.807) is 6.07 Å². The van der Waals surface area contributed by atoms with Gasteiger partial charge in [-0.15, -0.1) is 0 Å². The molecule has 0 saturated heterocycles. The summed E-state index contributed by atoms with van der Waals surface area (Å²) in [5, 5.41) is 11.0. The summed E-state index contributed by atoms with van der Waals surface area (Å²) in [6, 6.07) is 4.52. The number of nitrogens with zero attached hydrogens (tertiary/aromatic N) is 2. The van der Waals surface area contributed by atoms with Gasteiger partial charge in [0.05, 0.1) is 18.6 Å². The van der Waals surface area contributed by atoms with Crippen molar-refractivity contribution < 1.29 is 14.5 Å². The lowest BCUT2D eigenvalue weighted by Gasteiger charge is -2.26. The smallest absolute Gasteiger partial charge is 0.270 e. The molecule has 1 aliphatic carbocycles. The summed E-state index contributed by atoms with van der Waals surface area (Å²) in [6.45, 7) is 1.29. The van der Waals surface area contributed by atoms with Gasteiger partial charge in [-0.25, -0.2) is 0 Å². The highest BCUT2D eigenvalue weighted by atomic mass is 16.6. The van der Waals surface area contributed by atoms with Gasteiger partial charge in [0, 0.05) is 24.2 Å². The molecular formula is C18H27N3O4. The molecule has 0 bridgehead atoms. The molecule has 0 spiro atoms. The second-order valence-corrected chi connectivity index (χ2v) is 6.72. The van der Waals surface area contributed by atoms with Gasteiger partial charge in [0.25, 0.3) is 5.69 Å². The lowest BCUT2D eigenvalue weighted by Crippen LogP contribution is -2.35. The van der Waals surface area contributed by atoms with E-state index < -0.39 is 10.8 Å². The molecule has 2 N–H and O–H groups in total. The van der Waals surface area contributed by atoms with Gasteiger partial charge < -0.3 is 10.5 Å². The maximum Gasteiger partial charge on any atom is 0.270 e. The van der Waals surface area contributed by atoms with E-state index in [4.69, 9.17) is 10.5 Å². The van der Waals surface area contributed by atoms with E-state index >= 15 is 0 Å². The number of ether oxygens (including phenoxy) is 1. The summed E-state index contributed by atoms with van der Waals surface area (Å²) in [7, 11) is 1.53. The summed E-state index contributed by atoms with van der Waals surface area (Å²) in [5.74, 6) is 0.877. The quantitative estimate of drug-likeness (QED) is 0.546. The Balaban J connectivity index is 2.08. The van der Waals surface area contributed by atoms with Gasteiger partial charge in [0.1, 0.15) is 5.75 Å². The molecule has 25 heavy (non-hydrogen) atoms. The summed E-state index contributed by atoms with van der Waals surface area (Å²) < 4.78 is 5.31. The van der Waals surface area contributed by atoms with Crippen LogP contribution in [0.4, 0.5) is 5.69 Å². The zero-order valence-electron chi connectivity index (χ0n) is 14.8. The number of nitrogens with two attached hydrogens (primary N) is 1. The third-order valence-corrected chi connectivity index (χ3v) is 4.83. The molecule has 1 saturated carbocycles. The van der Waals surface area contributed by atoms with Crippen molar-refractivity contribution in [3.8, 4) is 5.75 Å². The number of hydrogen-bond donors (Lipinski definition) is 1. The number of nitro benzene ring substituents is 1. The minimum atomic E-state index is -0.427. The van der Waals surface area contributed by atoms with Crippen LogP contribution >= 0.6 is 0 Å². The SMILES string of the molecule is COc1ccc([N+](=O)[O-])cc1CN(CCC1CCCCC1)CC(N)=O. The van der Waals surface area contributed by atoms with Crippen molar-refractivity contribution in [2.45, 2.75) is 45.1 Å². The highest BCUT2D eigenvalue weighted by Crippen LogP contribution is 2.28. The maximum atomic E-state index is 11.4. The Labute approximate surface area is 148 Å². The lowest BCUT2D eigenvalue weighted by molar-refractivity contribution is -0.384. The predicted molar refractivity (Wildman–Crippen MR) is 95.3 cm³/mol. The van der Waals surface area contributed by atoms with Crippen LogP contribution in [0.1, 0.15) is 44.1 Å². The maximum absolute atomic E-state index is 11.4. The first-order valence-electron chi connectivity index (χ1n) is 8.81. The van der Waals surface area contributed by atoms with Crippen LogP contribution in [0.3, 0.4) is 0 Å². The normalized spacial score (nSPS) is 15.3. The van der Waals surface area contributed by atoms with Crippen LogP contribution in [0, 0.1) is 16.0 Å². The van der Waals surface area contributed by atoms with E-state index in [0.29, 0.717) is 23.8 Å². The zero-order valence-corrected chi connectivity index (χ0v) is 14.8. The zero-order chi connectivity index (χ0) is 18.2. The molecular weight excluding hydrogens is 322 g/mol. The molecule has 0 atom stereocenters. The number of carbonyl (C=O) groups is 1. The van der Waals surface area contributed by atoms with Crippen molar-refractivity contribution in [1.82, 2.24) is 4.90 Å². The topological polar surface area (TPSA) is 98.7 Å². The number of amides is 1. The highest BCUT2D eigenvalue weighted by molar-refractivity contribution is 5.75. The van der Waals surface area contributed by atoms with E-state index in [1.807, 2.05) is 4.90 Å². The van der Waals surface area contributed by atoms with E-state index in [9.17, 15) is 14.9 Å². The summed E-state index contributed by atoms with van der Waals surface area (Å²) in [4.78, 5) is 24.0. The Hall–Kier alpha value is -2.15. The molecule has 1 aromatic carbocycles. The van der Waals surface area contributed by atoms with Gasteiger partial charge in [-0.3, -0.25) is 19.8 Å². The molecule has 7 heteroatoms. The van der Waals surface area contributed by atoms with Gasteiger partial charge in [-0.1, -0.05) is 32.1 Å². The van der Waals surface area contributed by atoms with Gasteiger partial charge in [-0.2, -0.15) is 0 Å². The van der Waals surface area contributed by atoms with Gasteiger partial charge in [-0.05, 0) is 24.9 Å². The molecule has 7 nitrogen and oxygen atoms in total. The van der Waals surface area contributed by atoms with Crippen molar-refractivity contribution in [3.63, 3.8) is 0 Å². The molecule has 1 aromatic rings. The number of hydrogen-bond acceptors (Lipinski definition) is 5. The molecule has 1 aliphatic rings. The molecule has 1 amide bonds. The molecule has 0 heterocycles. The number of methoxy groups -OCH3 is 1. The molecule has 138 valence electrons. The Morgan fingerprint density at radius 1 is 1.36 bits per heavy atom. The van der Waals surface area contributed by atoms with Crippen LogP contribution in [-0.4, -0.2) is 35.9 Å². The predicted octanol–water partition coefficient (Wildman–Crippen LogP) is 2.86. The van der Waals surface area contributed by atoms with Gasteiger partial charge >= 0.3 is 0 Å². The number of benzene rings is 1. The Kier molecular flexibility index (Phi) is 7.18. The van der Waals surface area contributed by atoms with Crippen LogP contribution in [0.15, 0.2) is 18.2 Å². The van der Waals surface area contributed by atoms with Crippen molar-refractivity contribution in [2.75, 3.05) is 20.2 Å². The van der Waals surface area contributed by atoms with Gasteiger partial charge in [0.2, 0.25) is 5.91 Å². The number of nitro groups is 1. The Morgan fingerprint density at radius 2 is 2.08 bits per heavy atom. The Morgan fingerprint density at radius 3 is 2.68 bits per heavy atom. The fourth-order valence-corrected chi connectivity index (χ4v) is 3.52. The van der Waals surface area contributed by atoms with Crippen LogP contribution < -0.4 is 10.5 Å². The van der Waals surface area contributed by atoms with Gasteiger partial charge in [0.15, 0.2) is 0 Å². The summed E-state index contributed by atoms with van der Waals surface area (Å²) in [6.07, 6.45) is 7.37. The van der Waals surface area contributed by atoms with Crippen LogP contribution in [0.5, 0.6) is 5.75 Å². The molecule has 0 aromatic heterocycles. The van der Waals surface area contributed by atoms with E-state index in [1.165, 1.54) is 51.3 Å². The lowest BCUT2D eigenvalue weighted by atomic mass is 9.87. The molecule has 1 fully saturated rings. The minimum absolute atomic E-state index is 0.0158. The standard InChI is InChI=1S/C18H27N3O4/c1-25-17-8-7-16(21(23)24)11-15(17)12-20(13-18(19)22)10-9-14-5-3-2-4-6-14/h7-8,11,14H,2-6,9-10,12-13H2,1H3,(H2,19,22). The average molecular weight is 349 g/mol. The fraction of sp³-hybridized carbons (Fsp3) is 0.611. The third-order valence-electron chi connectivity index (χ3n) is 4.83. The number of non-ortho nitro benzene ring substituents is 1. The summed E-state index contributed by atoms with van der Waals surface area (Å²) in [5.41, 5.74) is 6.10. The molecule has 0 unspecified atom stereocenters. The van der Waals surface area contributed by atoms with E-state index in [-0.39, 0.29) is 12.2 Å². The van der Waals surface area contributed by atoms with E-state index in [2.05, 4.69) is 0 Å². The average Bonchev–Trinajstić information content (AvgIpc) is 2.60. The van der Waals surface area contributed by atoms with Crippen molar-refractivity contribution in [1.29, 1.82) is 0 Å². The van der Waals surface area contributed by atoms with Crippen LogP contribution in [0.25, 0.3) is 0 Å². The van der Waals surface area contributed by atoms with Crippen molar-refractivity contribution in [2.24, 2.45) is 11.7 Å². The first kappa shape index (κ1) is 19.2. The van der Waals surface area contributed by atoms with Crippen LogP contribution in [0.2, 0.25) is 0 Å². The second kappa shape index (κ2) is 9.36. The number of rotatable bonds is 9. The molecule has 0 radical (unpaired) electrons.